The van der Waals surface area contributed by atoms with E-state index in [0.717, 1.165) is 22.3 Å². The van der Waals surface area contributed by atoms with Crippen molar-refractivity contribution in [1.82, 2.24) is 14.5 Å². The highest BCUT2D eigenvalue weighted by molar-refractivity contribution is 5.97. The van der Waals surface area contributed by atoms with E-state index in [0.29, 0.717) is 39.6 Å². The molecule has 308 valence electrons. The zero-order valence-corrected chi connectivity index (χ0v) is 34.6. The number of aromatic hydroxyl groups is 1. The van der Waals surface area contributed by atoms with E-state index >= 15 is 0 Å². The Balaban J connectivity index is 1.60. The largest absolute Gasteiger partial charge is 0.507 e. The van der Waals surface area contributed by atoms with Crippen LogP contribution in [0.25, 0.3) is 72.7 Å². The van der Waals surface area contributed by atoms with E-state index in [1.807, 2.05) is 112 Å². The average Bonchev–Trinajstić information content (AvgIpc) is 3.74. The molecule has 2 heterocycles. The smallest absolute Gasteiger partial charge is 0.149 e. The van der Waals surface area contributed by atoms with Crippen molar-refractivity contribution in [1.29, 1.82) is 0 Å². The Hall–Kier alpha value is -6.26. The van der Waals surface area contributed by atoms with Crippen LogP contribution in [0.1, 0.15) is 130 Å². The molecular weight excluding hydrogens is 743 g/mol. The fourth-order valence-corrected chi connectivity index (χ4v) is 7.80. The monoisotopic (exact) mass is 821 g/mol. The van der Waals surface area contributed by atoms with E-state index in [1.165, 1.54) is 4.57 Å². The van der Waals surface area contributed by atoms with Gasteiger partial charge in [0, 0.05) is 54.6 Å². The molecular formula is C57H59N3O. The number of nitrogens with zero attached hydrogens (tertiary/aromatic N) is 3. The third kappa shape index (κ3) is 8.16. The van der Waals surface area contributed by atoms with Crippen LogP contribution in [0, 0.1) is 0 Å². The molecule has 0 aliphatic rings. The van der Waals surface area contributed by atoms with Crippen molar-refractivity contribution in [3.8, 4) is 67.5 Å². The SMILES string of the molecule is [2H]C(C)(C)c1cc(-n2c(-c3cc(C(C([2H])([2H])[2H])(C([2H])([2H])[2H])C([2H])([2H])[2H])cc(C(C([2H])([2H])[2H])(C([2H])([2H])[2H])C([2H])([2H])[2H])c3O)nc3c(-c4cc(-c5cc(-c6ccccc6)ccn5)cc(C(C)(C)C)c4)cccc32)ccc1-c1ccccc1. The lowest BCUT2D eigenvalue weighted by molar-refractivity contribution is 0.446. The Morgan fingerprint density at radius 2 is 1.25 bits per heavy atom. The van der Waals surface area contributed by atoms with Gasteiger partial charge >= 0.3 is 0 Å². The maximum atomic E-state index is 13.0. The van der Waals surface area contributed by atoms with Gasteiger partial charge in [-0.05, 0) is 115 Å². The highest BCUT2D eigenvalue weighted by Gasteiger charge is 2.29. The van der Waals surface area contributed by atoms with Gasteiger partial charge in [-0.1, -0.05) is 167 Å². The van der Waals surface area contributed by atoms with Gasteiger partial charge in [0.2, 0.25) is 0 Å². The average molecular weight is 821 g/mol. The summed E-state index contributed by atoms with van der Waals surface area (Å²) in [5.74, 6) is -3.18. The van der Waals surface area contributed by atoms with E-state index < -0.39 is 91.5 Å². The van der Waals surface area contributed by atoms with Crippen LogP contribution in [0.15, 0.2) is 146 Å². The van der Waals surface area contributed by atoms with Crippen molar-refractivity contribution in [2.75, 3.05) is 0 Å². The molecule has 1 N–H and O–H groups in total. The number of phenols is 1. The van der Waals surface area contributed by atoms with Gasteiger partial charge in [0.15, 0.2) is 0 Å². The van der Waals surface area contributed by atoms with E-state index in [9.17, 15) is 6.48 Å². The minimum atomic E-state index is -4.15. The molecule has 4 heteroatoms. The van der Waals surface area contributed by atoms with Crippen LogP contribution in [0.4, 0.5) is 0 Å². The summed E-state index contributed by atoms with van der Waals surface area (Å²) >= 11 is 0. The Labute approximate surface area is 389 Å². The van der Waals surface area contributed by atoms with Gasteiger partial charge in [-0.25, -0.2) is 4.98 Å². The number of imidazole rings is 1. The third-order valence-corrected chi connectivity index (χ3v) is 11.0. The van der Waals surface area contributed by atoms with Gasteiger partial charge in [0.05, 0.1) is 22.3 Å². The van der Waals surface area contributed by atoms with Crippen LogP contribution in [0.2, 0.25) is 0 Å². The normalized spacial score (nSPS) is 18.4. The van der Waals surface area contributed by atoms with Gasteiger partial charge in [0.1, 0.15) is 11.6 Å². The van der Waals surface area contributed by atoms with Gasteiger partial charge in [0.25, 0.3) is 0 Å². The lowest BCUT2D eigenvalue weighted by atomic mass is 9.79. The Bertz CT molecular complexity index is 3540. The highest BCUT2D eigenvalue weighted by Crippen LogP contribution is 2.45. The Morgan fingerprint density at radius 1 is 0.574 bits per heavy atom. The number of rotatable bonds is 7. The first kappa shape index (κ1) is 24.3. The molecule has 0 aliphatic carbocycles. The van der Waals surface area contributed by atoms with Crippen LogP contribution < -0.4 is 0 Å². The van der Waals surface area contributed by atoms with Crippen molar-refractivity contribution in [3.05, 3.63) is 168 Å². The topological polar surface area (TPSA) is 50.9 Å². The number of aromatic nitrogens is 3. The molecule has 6 aromatic carbocycles. The summed E-state index contributed by atoms with van der Waals surface area (Å²) in [6.45, 7) is -15.2. The second-order valence-corrected chi connectivity index (χ2v) is 16.8. The van der Waals surface area contributed by atoms with E-state index in [-0.39, 0.29) is 22.8 Å². The minimum Gasteiger partial charge on any atom is -0.507 e. The summed E-state index contributed by atoms with van der Waals surface area (Å²) in [6, 6.07) is 39.8. The molecule has 0 amide bonds. The molecule has 0 aliphatic heterocycles. The van der Waals surface area contributed by atoms with Crippen molar-refractivity contribution in [3.63, 3.8) is 0 Å². The predicted octanol–water partition coefficient (Wildman–Crippen LogP) is 15.5. The van der Waals surface area contributed by atoms with Crippen LogP contribution >= 0.6 is 0 Å². The number of fused-ring (bicyclic) bond motifs is 1. The maximum Gasteiger partial charge on any atom is 0.149 e. The zero-order chi connectivity index (χ0) is 59.4. The predicted molar refractivity (Wildman–Crippen MR) is 258 cm³/mol. The maximum absolute atomic E-state index is 13.0. The van der Waals surface area contributed by atoms with Gasteiger partial charge < -0.3 is 5.11 Å². The number of phenolic OH excluding ortho intramolecular Hbond substituents is 1. The van der Waals surface area contributed by atoms with Crippen LogP contribution in [0.3, 0.4) is 0 Å². The first-order valence-corrected chi connectivity index (χ1v) is 20.0. The molecule has 8 rings (SSSR count). The lowest BCUT2D eigenvalue weighted by Gasteiger charge is -2.27. The number of hydrogen-bond donors (Lipinski definition) is 1. The second kappa shape index (κ2) is 15.6. The molecule has 4 nitrogen and oxygen atoms in total. The molecule has 0 radical (unpaired) electrons. The molecule has 0 atom stereocenters. The molecule has 0 bridgehead atoms. The fourth-order valence-electron chi connectivity index (χ4n) is 7.80. The summed E-state index contributed by atoms with van der Waals surface area (Å²) in [7, 11) is 0. The molecule has 2 aromatic heterocycles. The summed E-state index contributed by atoms with van der Waals surface area (Å²) in [6.07, 6.45) is 1.71. The van der Waals surface area contributed by atoms with Crippen LogP contribution in [-0.4, -0.2) is 19.6 Å². The standard InChI is InChI=1S/C57H59N3O/c1-36(2)47-35-44(25-26-45(47)38-21-16-13-17-22-38)60-51-24-18-23-46(52(51)59-54(60)48-33-43(56(6,7)8)34-49(53(48)61)57(9,10)11)40-29-41(31-42(30-40)55(3,4)5)50-32-39(27-28-58-50)37-19-14-12-15-20-37/h12-36,61H,1-11H3/i6D3,7D3,8D3,9D3,10D3,11D3,36D. The molecule has 0 saturated heterocycles. The van der Waals surface area contributed by atoms with Crippen molar-refractivity contribution in [2.24, 2.45) is 0 Å². The third-order valence-electron chi connectivity index (χ3n) is 11.0. The molecule has 0 fully saturated rings. The van der Waals surface area contributed by atoms with Gasteiger partial charge in [-0.3, -0.25) is 9.55 Å². The molecule has 0 saturated carbocycles. The first-order valence-electron chi connectivity index (χ1n) is 29.5. The van der Waals surface area contributed by atoms with E-state index in [2.05, 4.69) is 0 Å². The molecule has 0 spiro atoms. The second-order valence-electron chi connectivity index (χ2n) is 16.8. The number of hydrogen-bond acceptors (Lipinski definition) is 3. The zero-order valence-electron chi connectivity index (χ0n) is 53.6. The van der Waals surface area contributed by atoms with Crippen molar-refractivity contribution < 1.29 is 31.2 Å². The number of benzene rings is 6. The quantitative estimate of drug-likeness (QED) is 0.174. The number of pyridine rings is 1. The molecule has 0 unspecified atom stereocenters. The fraction of sp³-hybridized carbons (Fsp3) is 0.263. The van der Waals surface area contributed by atoms with Crippen molar-refractivity contribution in [2.45, 2.75) is 97.9 Å². The molecule has 61 heavy (non-hydrogen) atoms. The van der Waals surface area contributed by atoms with Gasteiger partial charge in [-0.15, -0.1) is 0 Å². The summed E-state index contributed by atoms with van der Waals surface area (Å²) in [5, 5.41) is 13.0. The van der Waals surface area contributed by atoms with Crippen LogP contribution in [0.5, 0.6) is 5.75 Å². The van der Waals surface area contributed by atoms with Crippen LogP contribution in [-0.2, 0) is 16.2 Å². The Morgan fingerprint density at radius 3 is 1.92 bits per heavy atom. The van der Waals surface area contributed by atoms with E-state index in [4.69, 9.17) is 34.6 Å². The number of para-hydroxylation sites is 1. The highest BCUT2D eigenvalue weighted by atomic mass is 16.3. The van der Waals surface area contributed by atoms with Crippen molar-refractivity contribution >= 4 is 11.0 Å². The minimum absolute atomic E-state index is 0.151. The lowest BCUT2D eigenvalue weighted by Crippen LogP contribution is -2.17. The summed E-state index contributed by atoms with van der Waals surface area (Å²) < 4.78 is 168. The summed E-state index contributed by atoms with van der Waals surface area (Å²) in [4.78, 5) is 9.91. The Kier molecular flexibility index (Phi) is 6.22. The summed E-state index contributed by atoms with van der Waals surface area (Å²) in [5.41, 5.74) is -4.67. The van der Waals surface area contributed by atoms with Gasteiger partial charge in [-0.2, -0.15) is 0 Å². The van der Waals surface area contributed by atoms with E-state index in [1.54, 1.807) is 56.4 Å². The first-order chi connectivity index (χ1) is 36.7. The molecule has 8 aromatic rings.